The minimum atomic E-state index is -0.259. The summed E-state index contributed by atoms with van der Waals surface area (Å²) >= 11 is 0. The molecule has 2 atom stereocenters. The van der Waals surface area contributed by atoms with Crippen LogP contribution >= 0.6 is 0 Å². The average Bonchev–Trinajstić information content (AvgIpc) is 2.78. The van der Waals surface area contributed by atoms with Crippen molar-refractivity contribution in [1.29, 1.82) is 0 Å². The van der Waals surface area contributed by atoms with Crippen LogP contribution < -0.4 is 19.5 Å². The van der Waals surface area contributed by atoms with E-state index in [0.29, 0.717) is 42.2 Å². The summed E-state index contributed by atoms with van der Waals surface area (Å²) in [6.45, 7) is 2.49. The largest absolute Gasteiger partial charge is 0.497 e. The second-order valence-corrected chi connectivity index (χ2v) is 7.84. The average molecular weight is 421 g/mol. The lowest BCUT2D eigenvalue weighted by Gasteiger charge is -2.35. The number of ether oxygens (including phenoxy) is 3. The molecule has 2 aliphatic rings. The van der Waals surface area contributed by atoms with E-state index in [0.717, 1.165) is 16.9 Å². The summed E-state index contributed by atoms with van der Waals surface area (Å²) in [6.07, 6.45) is 1.19. The van der Waals surface area contributed by atoms with Crippen molar-refractivity contribution >= 4 is 11.7 Å². The van der Waals surface area contributed by atoms with Gasteiger partial charge in [-0.2, -0.15) is 0 Å². The first-order valence-corrected chi connectivity index (χ1v) is 10.5. The first-order valence-electron chi connectivity index (χ1n) is 10.5. The Kier molecular flexibility index (Phi) is 5.98. The third-order valence-corrected chi connectivity index (χ3v) is 5.98. The Hall–Kier alpha value is -3.28. The highest BCUT2D eigenvalue weighted by Gasteiger charge is 2.39. The first-order chi connectivity index (χ1) is 15.0. The van der Waals surface area contributed by atoms with Crippen molar-refractivity contribution in [1.82, 2.24) is 5.32 Å². The lowest BCUT2D eigenvalue weighted by atomic mass is 9.73. The van der Waals surface area contributed by atoms with Crippen LogP contribution in [0.2, 0.25) is 0 Å². The molecule has 2 aromatic rings. The number of nitrogens with one attached hydrogen (secondary N) is 1. The summed E-state index contributed by atoms with van der Waals surface area (Å²) in [5.41, 5.74) is 3.27. The lowest BCUT2D eigenvalue weighted by molar-refractivity contribution is -0.122. The molecule has 1 heterocycles. The number of rotatable bonds is 6. The lowest BCUT2D eigenvalue weighted by Crippen LogP contribution is -2.38. The van der Waals surface area contributed by atoms with Gasteiger partial charge in [0, 0.05) is 41.5 Å². The van der Waals surface area contributed by atoms with E-state index < -0.39 is 0 Å². The zero-order chi connectivity index (χ0) is 22.0. The van der Waals surface area contributed by atoms with Gasteiger partial charge >= 0.3 is 0 Å². The number of hydrogen-bond donors (Lipinski definition) is 1. The van der Waals surface area contributed by atoms with Gasteiger partial charge in [0.2, 0.25) is 5.91 Å². The van der Waals surface area contributed by atoms with Crippen molar-refractivity contribution in [3.05, 3.63) is 64.9 Å². The van der Waals surface area contributed by atoms with Gasteiger partial charge in [0.05, 0.1) is 20.8 Å². The maximum atomic E-state index is 13.4. The van der Waals surface area contributed by atoms with Crippen LogP contribution in [0.15, 0.2) is 53.7 Å². The van der Waals surface area contributed by atoms with Gasteiger partial charge < -0.3 is 19.5 Å². The van der Waals surface area contributed by atoms with Gasteiger partial charge in [-0.25, -0.2) is 0 Å². The Labute approximate surface area is 182 Å². The van der Waals surface area contributed by atoms with E-state index in [9.17, 15) is 9.59 Å². The highest BCUT2D eigenvalue weighted by atomic mass is 16.5. The number of amides is 1. The fourth-order valence-electron chi connectivity index (χ4n) is 4.61. The number of carbonyl (C=O) groups is 2. The van der Waals surface area contributed by atoms with Crippen LogP contribution in [0, 0.1) is 0 Å². The second-order valence-electron chi connectivity index (χ2n) is 7.84. The van der Waals surface area contributed by atoms with Gasteiger partial charge in [-0.1, -0.05) is 12.1 Å². The number of methoxy groups -OCH3 is 2. The Morgan fingerprint density at radius 2 is 1.81 bits per heavy atom. The molecular formula is C25H27NO5. The Morgan fingerprint density at radius 1 is 0.968 bits per heavy atom. The zero-order valence-corrected chi connectivity index (χ0v) is 18.1. The Bertz CT molecular complexity index is 1040. The van der Waals surface area contributed by atoms with Crippen LogP contribution in [0.1, 0.15) is 49.1 Å². The number of benzene rings is 2. The molecule has 6 nitrogen and oxygen atoms in total. The number of allylic oxidation sites excluding steroid dienone is 2. The summed E-state index contributed by atoms with van der Waals surface area (Å²) < 4.78 is 16.5. The summed E-state index contributed by atoms with van der Waals surface area (Å²) in [4.78, 5) is 25.9. The topological polar surface area (TPSA) is 73.9 Å². The molecule has 4 rings (SSSR count). The molecule has 2 aromatic carbocycles. The van der Waals surface area contributed by atoms with Crippen molar-refractivity contribution in [3.8, 4) is 17.2 Å². The summed E-state index contributed by atoms with van der Waals surface area (Å²) in [5, 5.41) is 2.97. The van der Waals surface area contributed by atoms with Gasteiger partial charge in [-0.05, 0) is 49.2 Å². The molecule has 1 N–H and O–H groups in total. The van der Waals surface area contributed by atoms with Gasteiger partial charge in [-0.15, -0.1) is 0 Å². The zero-order valence-electron chi connectivity index (χ0n) is 18.1. The molecule has 162 valence electrons. The molecule has 0 fully saturated rings. The van der Waals surface area contributed by atoms with Crippen LogP contribution in [0.3, 0.4) is 0 Å². The normalized spacial score (nSPS) is 20.7. The van der Waals surface area contributed by atoms with E-state index in [1.54, 1.807) is 14.2 Å². The van der Waals surface area contributed by atoms with Crippen molar-refractivity contribution in [2.24, 2.45) is 0 Å². The maximum Gasteiger partial charge on any atom is 0.225 e. The Morgan fingerprint density at radius 3 is 2.55 bits per heavy atom. The molecule has 0 radical (unpaired) electrons. The van der Waals surface area contributed by atoms with E-state index in [2.05, 4.69) is 5.32 Å². The molecule has 1 aliphatic heterocycles. The van der Waals surface area contributed by atoms with Crippen molar-refractivity contribution in [2.45, 2.75) is 38.0 Å². The third kappa shape index (κ3) is 4.15. The van der Waals surface area contributed by atoms with Crippen LogP contribution in [0.5, 0.6) is 17.2 Å². The molecular weight excluding hydrogens is 394 g/mol. The minimum absolute atomic E-state index is 0.0583. The molecule has 0 aromatic heterocycles. The van der Waals surface area contributed by atoms with Gasteiger partial charge in [0.25, 0.3) is 0 Å². The molecule has 1 aliphatic carbocycles. The second kappa shape index (κ2) is 8.84. The number of hydrogen-bond acceptors (Lipinski definition) is 5. The van der Waals surface area contributed by atoms with E-state index in [1.165, 1.54) is 0 Å². The van der Waals surface area contributed by atoms with Crippen LogP contribution in [-0.2, 0) is 9.59 Å². The fourth-order valence-corrected chi connectivity index (χ4v) is 4.61. The number of carbonyl (C=O) groups excluding carboxylic acids is 2. The summed E-state index contributed by atoms with van der Waals surface area (Å²) in [6, 6.07) is 13.3. The molecule has 0 bridgehead atoms. The highest BCUT2D eigenvalue weighted by molar-refractivity contribution is 6.02. The van der Waals surface area contributed by atoms with E-state index in [1.807, 2.05) is 49.4 Å². The van der Waals surface area contributed by atoms with Crippen LogP contribution in [0.4, 0.5) is 0 Å². The predicted octanol–water partition coefficient (Wildman–Crippen LogP) is 4.11. The highest BCUT2D eigenvalue weighted by Crippen LogP contribution is 2.45. The van der Waals surface area contributed by atoms with E-state index in [4.69, 9.17) is 14.2 Å². The monoisotopic (exact) mass is 421 g/mol. The van der Waals surface area contributed by atoms with Crippen LogP contribution in [0.25, 0.3) is 0 Å². The van der Waals surface area contributed by atoms with E-state index in [-0.39, 0.29) is 29.9 Å². The fraction of sp³-hybridized carbons (Fsp3) is 0.360. The van der Waals surface area contributed by atoms with Crippen molar-refractivity contribution in [3.63, 3.8) is 0 Å². The van der Waals surface area contributed by atoms with Gasteiger partial charge in [-0.3, -0.25) is 9.59 Å². The standard InChI is InChI=1S/C25H27NO5/c1-4-31-18-7-5-6-15(10-18)20-14-24(28)26-21-11-16(12-22(27)25(20)21)19-13-17(29-2)8-9-23(19)30-3/h5-10,13,16,20H,4,11-12,14H2,1-3H3,(H,26,28)/t16-,20-/m0/s1. The van der Waals surface area contributed by atoms with Crippen molar-refractivity contribution in [2.75, 3.05) is 20.8 Å². The number of ketones is 1. The summed E-state index contributed by atoms with van der Waals surface area (Å²) in [5.74, 6) is 1.80. The van der Waals surface area contributed by atoms with Gasteiger partial charge in [0.15, 0.2) is 5.78 Å². The maximum absolute atomic E-state index is 13.4. The molecule has 0 spiro atoms. The Balaban J connectivity index is 1.71. The quantitative estimate of drug-likeness (QED) is 0.760. The third-order valence-electron chi connectivity index (χ3n) is 5.98. The molecule has 6 heteroatoms. The smallest absolute Gasteiger partial charge is 0.225 e. The molecule has 31 heavy (non-hydrogen) atoms. The first kappa shape index (κ1) is 21.0. The predicted molar refractivity (Wildman–Crippen MR) is 117 cm³/mol. The molecule has 1 amide bonds. The number of Topliss-reactive ketones (excluding diaryl/α,β-unsaturated/α-hetero) is 1. The molecule has 0 saturated carbocycles. The van der Waals surface area contributed by atoms with Crippen LogP contribution in [-0.4, -0.2) is 32.5 Å². The van der Waals surface area contributed by atoms with Crippen molar-refractivity contribution < 1.29 is 23.8 Å². The van der Waals surface area contributed by atoms with Gasteiger partial charge in [0.1, 0.15) is 17.2 Å². The molecule has 0 unspecified atom stereocenters. The summed E-state index contributed by atoms with van der Waals surface area (Å²) in [7, 11) is 3.23. The van der Waals surface area contributed by atoms with E-state index >= 15 is 0 Å². The minimum Gasteiger partial charge on any atom is -0.497 e. The SMILES string of the molecule is CCOc1cccc([C@@H]2CC(=O)NC3=C2C(=O)C[C@@H](c2cc(OC)ccc2OC)C3)c1. The molecule has 0 saturated heterocycles.